The smallest absolute Gasteiger partial charge is 0.229 e. The average molecular weight is 455 g/mol. The van der Waals surface area contributed by atoms with Gasteiger partial charge in [0.1, 0.15) is 6.23 Å². The van der Waals surface area contributed by atoms with Gasteiger partial charge in [-0.15, -0.1) is 22.7 Å². The minimum atomic E-state index is -0.658. The lowest BCUT2D eigenvalue weighted by Crippen LogP contribution is -2.46. The minimum Gasteiger partial charge on any atom is -0.373 e. The largest absolute Gasteiger partial charge is 0.373 e. The van der Waals surface area contributed by atoms with Gasteiger partial charge in [-0.25, -0.2) is 4.98 Å². The Labute approximate surface area is 189 Å². The Morgan fingerprint density at radius 2 is 1.97 bits per heavy atom. The molecule has 1 amide bonds. The molecule has 4 N–H and O–H groups in total. The predicted molar refractivity (Wildman–Crippen MR) is 125 cm³/mol. The molecule has 1 unspecified atom stereocenters. The molecule has 0 spiro atoms. The van der Waals surface area contributed by atoms with E-state index >= 15 is 0 Å². The van der Waals surface area contributed by atoms with Gasteiger partial charge in [-0.05, 0) is 30.5 Å². The van der Waals surface area contributed by atoms with Crippen LogP contribution in [-0.2, 0) is 4.79 Å². The number of thiophene rings is 1. The summed E-state index contributed by atoms with van der Waals surface area (Å²) >= 11 is 3.16. The highest BCUT2D eigenvalue weighted by atomic mass is 32.1. The van der Waals surface area contributed by atoms with Crippen molar-refractivity contribution in [3.8, 4) is 10.4 Å². The van der Waals surface area contributed by atoms with E-state index in [4.69, 9.17) is 5.73 Å². The van der Waals surface area contributed by atoms with Crippen LogP contribution in [-0.4, -0.2) is 40.0 Å². The van der Waals surface area contributed by atoms with E-state index in [1.54, 1.807) is 11.3 Å². The van der Waals surface area contributed by atoms with Crippen molar-refractivity contribution in [3.05, 3.63) is 58.5 Å². The number of carbonyl (C=O) groups is 1. The maximum absolute atomic E-state index is 12.4. The van der Waals surface area contributed by atoms with Gasteiger partial charge in [-0.1, -0.05) is 36.8 Å². The number of carbonyl (C=O) groups excluding carboxylic acids is 1. The summed E-state index contributed by atoms with van der Waals surface area (Å²) in [4.78, 5) is 21.1. The van der Waals surface area contributed by atoms with E-state index in [9.17, 15) is 9.90 Å². The van der Waals surface area contributed by atoms with Gasteiger partial charge in [0, 0.05) is 31.2 Å². The number of rotatable bonds is 6. The molecule has 1 aromatic carbocycles. The average Bonchev–Trinajstić information content (AvgIpc) is 3.48. The molecule has 3 aromatic rings. The number of likely N-dealkylation sites (tertiary alicyclic amines) is 1. The number of nitrogens with zero attached hydrogens (tertiary/aromatic N) is 2. The highest BCUT2D eigenvalue weighted by Gasteiger charge is 2.36. The standard InChI is InChI=1S/C23H26N4O2S2/c24-17-8-4-7-16(17)21(28)26-20-10-9-18(30-20)23(29)27-12-15(13-27)22-25-11-19(31-22)14-5-2-1-3-6-14/h1-3,5-6,9-11,15-17,23,29H,4,7-8,12-13,24H2,(H,26,28)/t16-,17+,23?/m1/s1. The quantitative estimate of drug-likeness (QED) is 0.523. The SMILES string of the molecule is N[C@H]1CCC[C@H]1C(=O)Nc1ccc(C(O)N2CC(c3ncc(-c4ccccc4)s3)C2)s1. The van der Waals surface area contributed by atoms with E-state index in [1.807, 2.05) is 41.4 Å². The Morgan fingerprint density at radius 1 is 1.16 bits per heavy atom. The molecule has 1 saturated carbocycles. The number of nitrogens with two attached hydrogens (primary N) is 1. The predicted octanol–water partition coefficient (Wildman–Crippen LogP) is 4.03. The zero-order valence-electron chi connectivity index (χ0n) is 17.1. The maximum atomic E-state index is 12.4. The van der Waals surface area contributed by atoms with Gasteiger partial charge < -0.3 is 16.2 Å². The summed E-state index contributed by atoms with van der Waals surface area (Å²) < 4.78 is 0. The molecule has 2 fully saturated rings. The second-order valence-corrected chi connectivity index (χ2v) is 10.5. The molecule has 0 radical (unpaired) electrons. The van der Waals surface area contributed by atoms with Crippen molar-refractivity contribution in [2.24, 2.45) is 11.7 Å². The summed E-state index contributed by atoms with van der Waals surface area (Å²) in [6, 6.07) is 14.0. The Balaban J connectivity index is 1.16. The van der Waals surface area contributed by atoms with Crippen LogP contribution in [0.3, 0.4) is 0 Å². The first-order valence-corrected chi connectivity index (χ1v) is 12.3. The lowest BCUT2D eigenvalue weighted by molar-refractivity contribution is -0.120. The maximum Gasteiger partial charge on any atom is 0.229 e. The molecule has 6 nitrogen and oxygen atoms in total. The van der Waals surface area contributed by atoms with Crippen LogP contribution in [0.2, 0.25) is 0 Å². The molecule has 5 rings (SSSR count). The number of thiazole rings is 1. The van der Waals surface area contributed by atoms with Gasteiger partial charge in [0.15, 0.2) is 0 Å². The van der Waals surface area contributed by atoms with Crippen LogP contribution >= 0.6 is 22.7 Å². The third-order valence-electron chi connectivity index (χ3n) is 6.22. The Bertz CT molecular complexity index is 1040. The number of aromatic nitrogens is 1. The summed E-state index contributed by atoms with van der Waals surface area (Å²) in [7, 11) is 0. The molecule has 1 saturated heterocycles. The van der Waals surface area contributed by atoms with E-state index in [0.717, 1.165) is 47.2 Å². The zero-order valence-corrected chi connectivity index (χ0v) is 18.7. The van der Waals surface area contributed by atoms with Crippen LogP contribution in [0, 0.1) is 5.92 Å². The first-order valence-electron chi connectivity index (χ1n) is 10.7. The number of amides is 1. The van der Waals surface area contributed by atoms with Crippen molar-refractivity contribution >= 4 is 33.6 Å². The molecule has 3 heterocycles. The van der Waals surface area contributed by atoms with Gasteiger partial charge in [-0.2, -0.15) is 0 Å². The molecule has 162 valence electrons. The minimum absolute atomic E-state index is 0.00473. The molecule has 2 aromatic heterocycles. The van der Waals surface area contributed by atoms with Crippen LogP contribution in [0.4, 0.5) is 5.00 Å². The van der Waals surface area contributed by atoms with Crippen molar-refractivity contribution in [1.29, 1.82) is 0 Å². The first kappa shape index (κ1) is 20.8. The highest BCUT2D eigenvalue weighted by molar-refractivity contribution is 7.16. The monoisotopic (exact) mass is 454 g/mol. The van der Waals surface area contributed by atoms with Crippen LogP contribution in [0.15, 0.2) is 48.7 Å². The Morgan fingerprint density at radius 3 is 2.71 bits per heavy atom. The number of nitrogens with one attached hydrogen (secondary N) is 1. The summed E-state index contributed by atoms with van der Waals surface area (Å²) in [5, 5.41) is 15.6. The third-order valence-corrected chi connectivity index (χ3v) is 8.47. The molecule has 0 bridgehead atoms. The number of aliphatic hydroxyl groups is 1. The number of hydrogen-bond acceptors (Lipinski definition) is 7. The number of hydrogen-bond donors (Lipinski definition) is 3. The van der Waals surface area contributed by atoms with Gasteiger partial charge in [0.2, 0.25) is 5.91 Å². The fourth-order valence-electron chi connectivity index (χ4n) is 4.35. The fraction of sp³-hybridized carbons (Fsp3) is 0.391. The molecule has 8 heteroatoms. The molecule has 31 heavy (non-hydrogen) atoms. The Kier molecular flexibility index (Phi) is 5.90. The van der Waals surface area contributed by atoms with Crippen LogP contribution in [0.25, 0.3) is 10.4 Å². The number of anilines is 1. The van der Waals surface area contributed by atoms with Gasteiger partial charge >= 0.3 is 0 Å². The van der Waals surface area contributed by atoms with Gasteiger partial charge in [0.25, 0.3) is 0 Å². The van der Waals surface area contributed by atoms with E-state index < -0.39 is 6.23 Å². The summed E-state index contributed by atoms with van der Waals surface area (Å²) in [5.41, 5.74) is 7.23. The molecule has 1 aliphatic carbocycles. The van der Waals surface area contributed by atoms with Crippen molar-refractivity contribution in [1.82, 2.24) is 9.88 Å². The molecule has 2 aliphatic rings. The van der Waals surface area contributed by atoms with Gasteiger partial charge in [-0.3, -0.25) is 9.69 Å². The molecule has 1 aliphatic heterocycles. The zero-order chi connectivity index (χ0) is 21.4. The summed E-state index contributed by atoms with van der Waals surface area (Å²) in [6.07, 6.45) is 4.06. The summed E-state index contributed by atoms with van der Waals surface area (Å²) in [6.45, 7) is 1.55. The normalized spacial score (nSPS) is 22.9. The number of aliphatic hydroxyl groups excluding tert-OH is 1. The second kappa shape index (κ2) is 8.80. The topological polar surface area (TPSA) is 91.5 Å². The fourth-order valence-corrected chi connectivity index (χ4v) is 6.29. The van der Waals surface area contributed by atoms with Crippen molar-refractivity contribution < 1.29 is 9.90 Å². The van der Waals surface area contributed by atoms with Crippen LogP contribution in [0.5, 0.6) is 0 Å². The van der Waals surface area contributed by atoms with E-state index in [-0.39, 0.29) is 17.9 Å². The third kappa shape index (κ3) is 4.31. The highest BCUT2D eigenvalue weighted by Crippen LogP contribution is 2.39. The van der Waals surface area contributed by atoms with Crippen LogP contribution in [0.1, 0.15) is 41.3 Å². The van der Waals surface area contributed by atoms with Crippen molar-refractivity contribution in [2.45, 2.75) is 37.5 Å². The lowest BCUT2D eigenvalue weighted by Gasteiger charge is -2.40. The van der Waals surface area contributed by atoms with Crippen molar-refractivity contribution in [3.63, 3.8) is 0 Å². The van der Waals surface area contributed by atoms with E-state index in [2.05, 4.69) is 22.4 Å². The molecular weight excluding hydrogens is 428 g/mol. The van der Waals surface area contributed by atoms with E-state index in [1.165, 1.54) is 21.8 Å². The molecule has 3 atom stereocenters. The molecular formula is C23H26N4O2S2. The van der Waals surface area contributed by atoms with E-state index in [0.29, 0.717) is 5.92 Å². The van der Waals surface area contributed by atoms with Crippen LogP contribution < -0.4 is 11.1 Å². The Hall–Kier alpha value is -2.10. The van der Waals surface area contributed by atoms with Crippen molar-refractivity contribution in [2.75, 3.05) is 18.4 Å². The van der Waals surface area contributed by atoms with Gasteiger partial charge in [0.05, 0.1) is 25.7 Å². The first-order chi connectivity index (χ1) is 15.1. The summed E-state index contributed by atoms with van der Waals surface area (Å²) in [5.74, 6) is 0.237. The second-order valence-electron chi connectivity index (χ2n) is 8.35. The lowest BCUT2D eigenvalue weighted by atomic mass is 10.0. The number of benzene rings is 1.